The third-order valence-corrected chi connectivity index (χ3v) is 5.09. The van der Waals surface area contributed by atoms with Crippen molar-refractivity contribution in [3.8, 4) is 0 Å². The summed E-state index contributed by atoms with van der Waals surface area (Å²) in [6, 6.07) is 10.2. The first-order valence-corrected chi connectivity index (χ1v) is 9.63. The van der Waals surface area contributed by atoms with Crippen molar-refractivity contribution in [2.24, 2.45) is 0 Å². The van der Waals surface area contributed by atoms with E-state index in [-0.39, 0.29) is 17.9 Å². The van der Waals surface area contributed by atoms with Crippen molar-refractivity contribution in [1.82, 2.24) is 15.1 Å². The molecule has 26 heavy (non-hydrogen) atoms. The molecule has 6 nitrogen and oxygen atoms in total. The molecule has 1 aromatic carbocycles. The number of hydrogen-bond donors (Lipinski definition) is 1. The van der Waals surface area contributed by atoms with E-state index in [1.54, 1.807) is 0 Å². The van der Waals surface area contributed by atoms with Crippen LogP contribution in [0.1, 0.15) is 24.8 Å². The van der Waals surface area contributed by atoms with Gasteiger partial charge in [-0.3, -0.25) is 9.59 Å². The van der Waals surface area contributed by atoms with E-state index < -0.39 is 0 Å². The monoisotopic (exact) mass is 359 g/mol. The molecule has 0 radical (unpaired) electrons. The number of ether oxygens (including phenoxy) is 1. The van der Waals surface area contributed by atoms with Gasteiger partial charge in [0.15, 0.2) is 0 Å². The molecule has 2 aliphatic heterocycles. The van der Waals surface area contributed by atoms with Gasteiger partial charge in [-0.1, -0.05) is 30.3 Å². The molecule has 6 heteroatoms. The molecule has 0 spiro atoms. The summed E-state index contributed by atoms with van der Waals surface area (Å²) in [5, 5.41) is 3.33. The van der Waals surface area contributed by atoms with Gasteiger partial charge >= 0.3 is 0 Å². The molecule has 1 unspecified atom stereocenters. The minimum absolute atomic E-state index is 0.114. The van der Waals surface area contributed by atoms with Crippen LogP contribution in [0.3, 0.4) is 0 Å². The number of nitrogens with zero attached hydrogens (tertiary/aromatic N) is 2. The van der Waals surface area contributed by atoms with E-state index in [0.29, 0.717) is 39.1 Å². The highest BCUT2D eigenvalue weighted by Gasteiger charge is 2.24. The van der Waals surface area contributed by atoms with Crippen molar-refractivity contribution in [1.29, 1.82) is 0 Å². The zero-order valence-electron chi connectivity index (χ0n) is 15.4. The maximum Gasteiger partial charge on any atom is 0.224 e. The van der Waals surface area contributed by atoms with Crippen LogP contribution in [0, 0.1) is 0 Å². The van der Waals surface area contributed by atoms with E-state index in [9.17, 15) is 9.59 Å². The largest absolute Gasteiger partial charge is 0.378 e. The molecule has 2 saturated heterocycles. The second-order valence-corrected chi connectivity index (χ2v) is 7.03. The molecule has 2 fully saturated rings. The van der Waals surface area contributed by atoms with Crippen LogP contribution in [0.5, 0.6) is 0 Å². The maximum atomic E-state index is 12.5. The van der Waals surface area contributed by atoms with Gasteiger partial charge in [0.1, 0.15) is 0 Å². The molecule has 0 saturated carbocycles. The number of nitrogens with one attached hydrogen (secondary N) is 1. The van der Waals surface area contributed by atoms with E-state index in [1.165, 1.54) is 5.56 Å². The second kappa shape index (κ2) is 9.69. The van der Waals surface area contributed by atoms with Crippen molar-refractivity contribution in [2.75, 3.05) is 45.9 Å². The topological polar surface area (TPSA) is 61.9 Å². The Bertz CT molecular complexity index is 587. The van der Waals surface area contributed by atoms with Crippen molar-refractivity contribution in [3.63, 3.8) is 0 Å². The van der Waals surface area contributed by atoms with Gasteiger partial charge in [0.2, 0.25) is 11.8 Å². The minimum atomic E-state index is 0.114. The Morgan fingerprint density at radius 2 is 1.77 bits per heavy atom. The molecule has 1 N–H and O–H groups in total. The lowest BCUT2D eigenvalue weighted by molar-refractivity contribution is -0.134. The SMILES string of the molecule is O=C(CCc1ccccc1)N1CCCN(C(=O)CC2COCCN2)CC1. The summed E-state index contributed by atoms with van der Waals surface area (Å²) >= 11 is 0. The normalized spacial score (nSPS) is 21.3. The third-order valence-electron chi connectivity index (χ3n) is 5.09. The van der Waals surface area contributed by atoms with Gasteiger partial charge in [-0.15, -0.1) is 0 Å². The van der Waals surface area contributed by atoms with Crippen molar-refractivity contribution < 1.29 is 14.3 Å². The van der Waals surface area contributed by atoms with E-state index >= 15 is 0 Å². The van der Waals surface area contributed by atoms with Crippen LogP contribution in [0.15, 0.2) is 30.3 Å². The number of benzene rings is 1. The minimum Gasteiger partial charge on any atom is -0.378 e. The number of carbonyl (C=O) groups is 2. The molecule has 0 aromatic heterocycles. The standard InChI is InChI=1S/C20H29N3O3/c24-19(8-7-17-5-2-1-3-6-17)22-10-4-11-23(13-12-22)20(25)15-18-16-26-14-9-21-18/h1-3,5-6,18,21H,4,7-16H2. The molecule has 2 amide bonds. The summed E-state index contributed by atoms with van der Waals surface area (Å²) < 4.78 is 5.42. The summed E-state index contributed by atoms with van der Waals surface area (Å²) in [7, 11) is 0. The first kappa shape index (κ1) is 18.9. The quantitative estimate of drug-likeness (QED) is 0.854. The summed E-state index contributed by atoms with van der Waals surface area (Å²) in [4.78, 5) is 28.9. The van der Waals surface area contributed by atoms with Crippen LogP contribution in [-0.2, 0) is 20.7 Å². The van der Waals surface area contributed by atoms with E-state index in [4.69, 9.17) is 4.74 Å². The number of aryl methyl sites for hydroxylation is 1. The molecule has 2 heterocycles. The Labute approximate surface area is 155 Å². The highest BCUT2D eigenvalue weighted by atomic mass is 16.5. The van der Waals surface area contributed by atoms with Crippen LogP contribution in [0.4, 0.5) is 0 Å². The van der Waals surface area contributed by atoms with E-state index in [0.717, 1.165) is 32.5 Å². The average molecular weight is 359 g/mol. The maximum absolute atomic E-state index is 12.5. The van der Waals surface area contributed by atoms with Gasteiger partial charge in [-0.25, -0.2) is 0 Å². The summed E-state index contributed by atoms with van der Waals surface area (Å²) in [5.41, 5.74) is 1.19. The molecule has 1 aromatic rings. The van der Waals surface area contributed by atoms with Crippen molar-refractivity contribution in [2.45, 2.75) is 31.7 Å². The van der Waals surface area contributed by atoms with Gasteiger partial charge in [0.05, 0.1) is 13.2 Å². The molecule has 3 rings (SSSR count). The fraction of sp³-hybridized carbons (Fsp3) is 0.600. The zero-order chi connectivity index (χ0) is 18.2. The number of amides is 2. The lowest BCUT2D eigenvalue weighted by Crippen LogP contribution is -2.45. The fourth-order valence-corrected chi connectivity index (χ4v) is 3.56. The lowest BCUT2D eigenvalue weighted by atomic mass is 10.1. The zero-order valence-corrected chi connectivity index (χ0v) is 15.4. The van der Waals surface area contributed by atoms with Crippen LogP contribution in [0.2, 0.25) is 0 Å². The number of morpholine rings is 1. The van der Waals surface area contributed by atoms with Gasteiger partial charge in [-0.05, 0) is 18.4 Å². The van der Waals surface area contributed by atoms with E-state index in [2.05, 4.69) is 17.4 Å². The molecule has 2 aliphatic rings. The molecule has 1 atom stereocenters. The third kappa shape index (κ3) is 5.54. The second-order valence-electron chi connectivity index (χ2n) is 7.03. The number of hydrogen-bond acceptors (Lipinski definition) is 4. The highest BCUT2D eigenvalue weighted by Crippen LogP contribution is 2.10. The van der Waals surface area contributed by atoms with Crippen molar-refractivity contribution >= 4 is 11.8 Å². The van der Waals surface area contributed by atoms with Crippen molar-refractivity contribution in [3.05, 3.63) is 35.9 Å². The van der Waals surface area contributed by atoms with Crippen LogP contribution < -0.4 is 5.32 Å². The Hall–Kier alpha value is -1.92. The predicted molar refractivity (Wildman–Crippen MR) is 99.8 cm³/mol. The Morgan fingerprint density at radius 1 is 1.04 bits per heavy atom. The van der Waals surface area contributed by atoms with Crippen LogP contribution >= 0.6 is 0 Å². The Morgan fingerprint density at radius 3 is 2.46 bits per heavy atom. The molecule has 0 aliphatic carbocycles. The first-order chi connectivity index (χ1) is 12.7. The van der Waals surface area contributed by atoms with Crippen LogP contribution in [0.25, 0.3) is 0 Å². The summed E-state index contributed by atoms with van der Waals surface area (Å²) in [6.07, 6.45) is 2.62. The molecule has 0 bridgehead atoms. The number of carbonyl (C=O) groups excluding carboxylic acids is 2. The Balaban J connectivity index is 1.43. The predicted octanol–water partition coefficient (Wildman–Crippen LogP) is 1.06. The average Bonchev–Trinajstić information content (AvgIpc) is 2.94. The summed E-state index contributed by atoms with van der Waals surface area (Å²) in [5.74, 6) is 0.345. The molecular formula is C20H29N3O3. The Kier molecular flexibility index (Phi) is 7.03. The van der Waals surface area contributed by atoms with Crippen LogP contribution in [-0.4, -0.2) is 73.6 Å². The molecule has 142 valence electrons. The van der Waals surface area contributed by atoms with E-state index in [1.807, 2.05) is 28.0 Å². The highest BCUT2D eigenvalue weighted by molar-refractivity contribution is 5.78. The fourth-order valence-electron chi connectivity index (χ4n) is 3.56. The smallest absolute Gasteiger partial charge is 0.224 e. The lowest BCUT2D eigenvalue weighted by Gasteiger charge is -2.27. The van der Waals surface area contributed by atoms with Gasteiger partial charge in [-0.2, -0.15) is 0 Å². The molecular weight excluding hydrogens is 330 g/mol. The first-order valence-electron chi connectivity index (χ1n) is 9.63. The van der Waals surface area contributed by atoms with Gasteiger partial charge in [0.25, 0.3) is 0 Å². The van der Waals surface area contributed by atoms with Gasteiger partial charge in [0, 0.05) is 51.6 Å². The van der Waals surface area contributed by atoms with Gasteiger partial charge < -0.3 is 19.9 Å². The number of rotatable bonds is 5. The summed E-state index contributed by atoms with van der Waals surface area (Å²) in [6.45, 7) is 4.86.